The molecule has 2 heterocycles. The second-order valence-electron chi connectivity index (χ2n) is 19.8. The van der Waals surface area contributed by atoms with E-state index in [0.29, 0.717) is 45.3 Å². The number of aliphatic carboxylic acids is 4. The number of urea groups is 1. The molecular weight excluding hydrogens is 1280 g/mol. The number of fused-ring (bicyclic) bond motifs is 5. The molecule has 1 aliphatic rings. The number of ether oxygens (including phenoxy) is 2. The molecule has 15 N–H and O–H groups in total. The average Bonchev–Trinajstić information content (AvgIpc) is 0.791. The number of nitrogens with two attached hydrogens (primary N) is 3. The van der Waals surface area contributed by atoms with Crippen molar-refractivity contribution in [2.45, 2.75) is 102 Å². The van der Waals surface area contributed by atoms with Gasteiger partial charge in [0.1, 0.15) is 49.0 Å². The summed E-state index contributed by atoms with van der Waals surface area (Å²) >= 11 is 0. The average molecular weight is 1350 g/mol. The summed E-state index contributed by atoms with van der Waals surface area (Å²) in [5.74, 6) is -12.6. The Bertz CT molecular complexity index is 3210. The van der Waals surface area contributed by atoms with Crippen molar-refractivity contribution in [2.24, 2.45) is 17.2 Å². The molecule has 4 atom stereocenters. The van der Waals surface area contributed by atoms with Crippen LogP contribution < -0.4 is 53.3 Å². The molecule has 0 radical (unpaired) electrons. The van der Waals surface area contributed by atoms with Crippen LogP contribution in [0.15, 0.2) is 66.9 Å². The number of benzene rings is 3. The highest BCUT2D eigenvalue weighted by atomic mass is 19.4. The van der Waals surface area contributed by atoms with Crippen LogP contribution in [0, 0.1) is 18.4 Å². The molecule has 0 spiro atoms. The molecule has 4 bridgehead atoms. The largest absolute Gasteiger partial charge is 0.492 e. The summed E-state index contributed by atoms with van der Waals surface area (Å²) in [6, 6.07) is 13.4. The van der Waals surface area contributed by atoms with Crippen molar-refractivity contribution < 1.29 is 126 Å². The van der Waals surface area contributed by atoms with Crippen LogP contribution in [0.1, 0.15) is 72.9 Å². The third-order valence-corrected chi connectivity index (χ3v) is 11.6. The zero-order valence-corrected chi connectivity index (χ0v) is 49.4. The number of nitrogens with one attached hydrogen (secondary N) is 5. The Morgan fingerprint density at radius 3 is 1.59 bits per heavy atom. The Labute approximate surface area is 519 Å². The van der Waals surface area contributed by atoms with E-state index < -0.39 is 103 Å². The first kappa shape index (κ1) is 80.9. The highest BCUT2D eigenvalue weighted by Crippen LogP contribution is 2.40. The molecule has 0 saturated heterocycles. The highest BCUT2D eigenvalue weighted by molar-refractivity contribution is 5.99. The molecule has 39 heteroatoms. The summed E-state index contributed by atoms with van der Waals surface area (Å²) in [7, 11) is 1.41. The molecule has 5 rings (SSSR count). The molecule has 93 heavy (non-hydrogen) atoms. The number of alkyl halides is 12. The van der Waals surface area contributed by atoms with Gasteiger partial charge in [-0.2, -0.15) is 57.9 Å². The van der Waals surface area contributed by atoms with E-state index in [-0.39, 0.29) is 56.7 Å². The van der Waals surface area contributed by atoms with Gasteiger partial charge in [0.25, 0.3) is 5.91 Å². The minimum absolute atomic E-state index is 0.000305. The lowest BCUT2D eigenvalue weighted by Crippen LogP contribution is -2.57. The van der Waals surface area contributed by atoms with Crippen LogP contribution in [-0.2, 0) is 45.4 Å². The molecule has 0 fully saturated rings. The lowest BCUT2D eigenvalue weighted by atomic mass is 9.87. The van der Waals surface area contributed by atoms with E-state index in [1.165, 1.54) is 25.1 Å². The Kier molecular flexibility index (Phi) is 30.9. The lowest BCUT2D eigenvalue weighted by Gasteiger charge is -2.32. The number of carbonyl (C=O) groups excluding carboxylic acids is 5. The fraction of sp³-hybridized carbons (Fsp3) is 0.407. The van der Waals surface area contributed by atoms with E-state index >= 15 is 0 Å². The number of aryl methyl sites for hydroxylation is 1. The third-order valence-electron chi connectivity index (χ3n) is 11.6. The van der Waals surface area contributed by atoms with Gasteiger partial charge in [-0.25, -0.2) is 39.3 Å². The van der Waals surface area contributed by atoms with Crippen LogP contribution >= 0.6 is 0 Å². The van der Waals surface area contributed by atoms with Gasteiger partial charge in [0.15, 0.2) is 12.0 Å². The summed E-state index contributed by atoms with van der Waals surface area (Å²) < 4.78 is 139. The maximum Gasteiger partial charge on any atom is 0.490 e. The number of rotatable bonds is 14. The number of likely N-dealkylation sites (N-methyl/N-ethyl adjacent to an activating group) is 1. The van der Waals surface area contributed by atoms with Crippen LogP contribution in [0.25, 0.3) is 22.5 Å². The monoisotopic (exact) mass is 1350 g/mol. The van der Waals surface area contributed by atoms with Crippen molar-refractivity contribution in [3.8, 4) is 40.2 Å². The lowest BCUT2D eigenvalue weighted by molar-refractivity contribution is -0.193. The zero-order chi connectivity index (χ0) is 71.7. The minimum atomic E-state index is -5.08. The zero-order valence-electron chi connectivity index (χ0n) is 49.4. The standard InChI is InChI=1S/C46H58N12O7.4C2HF3O2/c1-26-34(24-51-40(53-26)29-8-11-31(12-9-29)46(3,4)5)42(60)55-35(15-16-47)44(62)58(6)39-30-10-14-37(65-20-18-49)33(23-30)32-21-28(7-13-36(32)64-19-17-48)22-38(57-45(63)52-25-50)56-41(59)27(2)54-43(39)61;4*3-2(4,5)1(6)7/h7-14,21,23-24,27,35,38-39H,15-20,22,47-49H2,1-6H3,(H,54,61)(H,55,60)(H,56,59)(H2,52,57,63);4*(H,6,7)/t27-,35-,38+,39-;;;;/m0..../s1. The third kappa shape index (κ3) is 27.1. The van der Waals surface area contributed by atoms with Crippen molar-refractivity contribution in [2.75, 3.05) is 39.9 Å². The molecule has 27 nitrogen and oxygen atoms in total. The molecule has 6 amide bonds. The normalized spacial score (nSPS) is 15.0. The molecular formula is C54H62F12N12O15. The Morgan fingerprint density at radius 2 is 1.17 bits per heavy atom. The Morgan fingerprint density at radius 1 is 0.710 bits per heavy atom. The van der Waals surface area contributed by atoms with E-state index in [1.807, 2.05) is 29.6 Å². The number of hydrogen-bond donors (Lipinski definition) is 12. The van der Waals surface area contributed by atoms with Gasteiger partial charge in [-0.1, -0.05) is 57.2 Å². The molecule has 0 saturated carbocycles. The van der Waals surface area contributed by atoms with E-state index in [0.717, 1.165) is 11.1 Å². The van der Waals surface area contributed by atoms with E-state index in [2.05, 4.69) is 52.0 Å². The van der Waals surface area contributed by atoms with Crippen molar-refractivity contribution >= 4 is 53.5 Å². The first-order chi connectivity index (χ1) is 42.8. The minimum Gasteiger partial charge on any atom is -0.492 e. The van der Waals surface area contributed by atoms with E-state index in [4.69, 9.17) is 71.5 Å². The van der Waals surface area contributed by atoms with Crippen LogP contribution in [-0.4, -0.2) is 172 Å². The SMILES string of the molecule is Cc1nc(-c2ccc(C(C)(C)C)cc2)ncc1C(=O)N[C@@H](CCN)C(=O)N(C)[C@@H]1C(=O)N[C@@H](C)C(=O)N[C@H](NC(=O)NC#N)Cc2ccc(OCCN)c(c2)-c2cc1ccc2OCCN.O=C(O)C(F)(F)F.O=C(O)C(F)(F)F.O=C(O)C(F)(F)F.O=C(O)C(F)(F)F. The molecule has 4 aromatic rings. The summed E-state index contributed by atoms with van der Waals surface area (Å²) in [6.45, 7) is 10.1. The number of halogens is 12. The van der Waals surface area contributed by atoms with Gasteiger partial charge in [-0.3, -0.25) is 19.2 Å². The van der Waals surface area contributed by atoms with Crippen LogP contribution in [0.2, 0.25) is 0 Å². The number of hydrogen-bond acceptors (Lipinski definition) is 17. The number of amides is 6. The first-order valence-electron chi connectivity index (χ1n) is 26.2. The second-order valence-corrected chi connectivity index (χ2v) is 19.8. The summed E-state index contributed by atoms with van der Waals surface area (Å²) in [6.07, 6.45) is -18.4. The van der Waals surface area contributed by atoms with Gasteiger partial charge in [-0.05, 0) is 73.2 Å². The van der Waals surface area contributed by atoms with Gasteiger partial charge in [0.2, 0.25) is 17.7 Å². The molecule has 1 aromatic heterocycles. The molecule has 0 unspecified atom stereocenters. The fourth-order valence-corrected chi connectivity index (χ4v) is 7.24. The summed E-state index contributed by atoms with van der Waals surface area (Å²) in [4.78, 5) is 115. The number of nitriles is 1. The number of carboxylic acid groups (broad SMARTS) is 4. The van der Waals surface area contributed by atoms with Crippen molar-refractivity contribution in [1.82, 2.24) is 41.5 Å². The maximum absolute atomic E-state index is 14.6. The summed E-state index contributed by atoms with van der Waals surface area (Å²) in [5.41, 5.74) is 21.9. The predicted octanol–water partition coefficient (Wildman–Crippen LogP) is 4.56. The summed E-state index contributed by atoms with van der Waals surface area (Å²) in [5, 5.41) is 50.3. The van der Waals surface area contributed by atoms with Crippen molar-refractivity contribution in [1.29, 1.82) is 5.26 Å². The van der Waals surface area contributed by atoms with Gasteiger partial charge in [0.05, 0.1) is 11.3 Å². The topological polar surface area (TPSA) is 444 Å². The van der Waals surface area contributed by atoms with Gasteiger partial charge in [0, 0.05) is 49.4 Å². The van der Waals surface area contributed by atoms with Crippen molar-refractivity contribution in [3.05, 3.63) is 94.8 Å². The van der Waals surface area contributed by atoms with Crippen LogP contribution in [0.5, 0.6) is 11.5 Å². The number of carbonyl (C=O) groups is 9. The highest BCUT2D eigenvalue weighted by Gasteiger charge is 2.41. The maximum atomic E-state index is 14.6. The Hall–Kier alpha value is -10.1. The smallest absolute Gasteiger partial charge is 0.490 e. The first-order valence-corrected chi connectivity index (χ1v) is 26.2. The number of nitrogens with zero attached hydrogens (tertiary/aromatic N) is 4. The fourth-order valence-electron chi connectivity index (χ4n) is 7.24. The van der Waals surface area contributed by atoms with E-state index in [9.17, 15) is 76.7 Å². The Balaban J connectivity index is 0.00000128. The van der Waals surface area contributed by atoms with Gasteiger partial charge >= 0.3 is 54.6 Å². The van der Waals surface area contributed by atoms with Gasteiger partial charge < -0.3 is 73.3 Å². The molecule has 0 aliphatic carbocycles. The van der Waals surface area contributed by atoms with Crippen molar-refractivity contribution in [3.63, 3.8) is 0 Å². The molecule has 3 aromatic carbocycles. The van der Waals surface area contributed by atoms with Crippen LogP contribution in [0.3, 0.4) is 0 Å². The van der Waals surface area contributed by atoms with Gasteiger partial charge in [-0.15, -0.1) is 0 Å². The quantitative estimate of drug-likeness (QED) is 0.0468. The second kappa shape index (κ2) is 35.5. The number of aromatic nitrogens is 2. The molecule has 512 valence electrons. The number of carboxylic acids is 4. The molecule has 1 aliphatic heterocycles. The van der Waals surface area contributed by atoms with Crippen LogP contribution in [0.4, 0.5) is 57.5 Å². The van der Waals surface area contributed by atoms with E-state index in [1.54, 1.807) is 49.5 Å². The predicted molar refractivity (Wildman–Crippen MR) is 298 cm³/mol.